The zero-order valence-corrected chi connectivity index (χ0v) is 5.11. The van der Waals surface area contributed by atoms with Crippen molar-refractivity contribution in [3.05, 3.63) is 24.0 Å². The van der Waals surface area contributed by atoms with Crippen LogP contribution in [-0.4, -0.2) is 9.97 Å². The molecule has 1 nitrogen and oxygen atoms in total. The summed E-state index contributed by atoms with van der Waals surface area (Å²) < 4.78 is 0. The molecular formula is C6H6OS. The third-order valence-electron chi connectivity index (χ3n) is 0.969. The topological polar surface area (TPSA) is 20.2 Å². The molecule has 0 radical (unpaired) electrons. The average Bonchev–Trinajstić information content (AvgIpc) is 1.77. The standard InChI is InChI=1S/C6H6OS/c7-5-3-1-2-4-6(5)8/h2-4,7H,1H2. The zero-order chi connectivity index (χ0) is 5.98. The molecule has 0 bridgehead atoms. The molecule has 0 aromatic carbocycles. The predicted octanol–water partition coefficient (Wildman–Crippen LogP) is 1.76. The highest BCUT2D eigenvalue weighted by molar-refractivity contribution is 7.81. The van der Waals surface area contributed by atoms with Crippen molar-refractivity contribution in [3.8, 4) is 0 Å². The first-order valence-electron chi connectivity index (χ1n) is 2.40. The molecule has 1 aliphatic carbocycles. The first-order chi connectivity index (χ1) is 3.80. The van der Waals surface area contributed by atoms with Gasteiger partial charge in [0.05, 0.1) is 4.86 Å². The van der Waals surface area contributed by atoms with Crippen molar-refractivity contribution in [2.45, 2.75) is 6.42 Å². The Balaban J connectivity index is 2.78. The highest BCUT2D eigenvalue weighted by atomic mass is 32.1. The molecule has 42 valence electrons. The molecule has 0 unspecified atom stereocenters. The molecule has 1 aliphatic rings. The zero-order valence-electron chi connectivity index (χ0n) is 4.29. The van der Waals surface area contributed by atoms with Crippen LogP contribution in [-0.2, 0) is 0 Å². The molecule has 0 fully saturated rings. The van der Waals surface area contributed by atoms with Crippen molar-refractivity contribution in [1.82, 2.24) is 0 Å². The Morgan fingerprint density at radius 1 is 1.62 bits per heavy atom. The largest absolute Gasteiger partial charge is 0.507 e. The van der Waals surface area contributed by atoms with Gasteiger partial charge in [0.15, 0.2) is 0 Å². The minimum Gasteiger partial charge on any atom is -0.507 e. The van der Waals surface area contributed by atoms with E-state index in [4.69, 9.17) is 17.3 Å². The van der Waals surface area contributed by atoms with Gasteiger partial charge in [0.1, 0.15) is 5.76 Å². The van der Waals surface area contributed by atoms with Gasteiger partial charge in [-0.05, 0) is 18.6 Å². The predicted molar refractivity (Wildman–Crippen MR) is 37.1 cm³/mol. The third kappa shape index (κ3) is 0.954. The second-order valence-corrected chi connectivity index (χ2v) is 2.03. The van der Waals surface area contributed by atoms with Crippen LogP contribution in [0, 0.1) is 0 Å². The van der Waals surface area contributed by atoms with E-state index >= 15 is 0 Å². The van der Waals surface area contributed by atoms with Crippen LogP contribution in [0.1, 0.15) is 6.42 Å². The van der Waals surface area contributed by atoms with Crippen LogP contribution in [0.2, 0.25) is 0 Å². The smallest absolute Gasteiger partial charge is 0.129 e. The quantitative estimate of drug-likeness (QED) is 0.499. The molecule has 1 rings (SSSR count). The molecule has 0 saturated carbocycles. The van der Waals surface area contributed by atoms with E-state index in [-0.39, 0.29) is 5.76 Å². The summed E-state index contributed by atoms with van der Waals surface area (Å²) in [4.78, 5) is 0.538. The van der Waals surface area contributed by atoms with Crippen molar-refractivity contribution in [2.75, 3.05) is 0 Å². The summed E-state index contributed by atoms with van der Waals surface area (Å²) in [6.45, 7) is 0. The molecular weight excluding hydrogens is 120 g/mol. The molecule has 0 amide bonds. The Morgan fingerprint density at radius 2 is 2.38 bits per heavy atom. The van der Waals surface area contributed by atoms with E-state index < -0.39 is 0 Å². The van der Waals surface area contributed by atoms with E-state index in [2.05, 4.69) is 0 Å². The Bertz CT molecular complexity index is 167. The van der Waals surface area contributed by atoms with Gasteiger partial charge in [-0.2, -0.15) is 0 Å². The van der Waals surface area contributed by atoms with Crippen LogP contribution in [0.5, 0.6) is 0 Å². The van der Waals surface area contributed by atoms with Crippen LogP contribution < -0.4 is 0 Å². The molecule has 0 aliphatic heterocycles. The average molecular weight is 126 g/mol. The van der Waals surface area contributed by atoms with Crippen molar-refractivity contribution < 1.29 is 5.11 Å². The van der Waals surface area contributed by atoms with Crippen molar-refractivity contribution in [2.24, 2.45) is 0 Å². The van der Waals surface area contributed by atoms with E-state index in [0.29, 0.717) is 4.86 Å². The van der Waals surface area contributed by atoms with Gasteiger partial charge in [-0.1, -0.05) is 18.3 Å². The Hall–Kier alpha value is -0.630. The van der Waals surface area contributed by atoms with Gasteiger partial charge >= 0.3 is 0 Å². The fourth-order valence-corrected chi connectivity index (χ4v) is 0.720. The first kappa shape index (κ1) is 5.51. The summed E-state index contributed by atoms with van der Waals surface area (Å²) in [5.41, 5.74) is 0. The lowest BCUT2D eigenvalue weighted by Gasteiger charge is -1.99. The fourth-order valence-electron chi connectivity index (χ4n) is 0.541. The molecule has 0 atom stereocenters. The van der Waals surface area contributed by atoms with E-state index in [9.17, 15) is 0 Å². The monoisotopic (exact) mass is 126 g/mol. The van der Waals surface area contributed by atoms with Gasteiger partial charge in [0.2, 0.25) is 0 Å². The Labute approximate surface area is 53.3 Å². The number of aliphatic hydroxyl groups excluding tert-OH is 1. The van der Waals surface area contributed by atoms with Gasteiger partial charge in [-0.3, -0.25) is 0 Å². The van der Waals surface area contributed by atoms with Crippen LogP contribution in [0.3, 0.4) is 0 Å². The van der Waals surface area contributed by atoms with Gasteiger partial charge < -0.3 is 5.11 Å². The minimum atomic E-state index is 0.238. The van der Waals surface area contributed by atoms with E-state index in [1.54, 1.807) is 12.2 Å². The molecule has 8 heavy (non-hydrogen) atoms. The maximum absolute atomic E-state index is 8.85. The second kappa shape index (κ2) is 2.09. The number of allylic oxidation sites excluding steroid dienone is 3. The number of hydrogen-bond acceptors (Lipinski definition) is 2. The van der Waals surface area contributed by atoms with Gasteiger partial charge in [0, 0.05) is 0 Å². The van der Waals surface area contributed by atoms with Crippen molar-refractivity contribution >= 4 is 17.1 Å². The highest BCUT2D eigenvalue weighted by Crippen LogP contribution is 2.04. The summed E-state index contributed by atoms with van der Waals surface area (Å²) >= 11 is 4.72. The number of hydrogen-bond donors (Lipinski definition) is 1. The second-order valence-electron chi connectivity index (χ2n) is 1.59. The van der Waals surface area contributed by atoms with E-state index in [1.807, 2.05) is 6.08 Å². The Morgan fingerprint density at radius 3 is 2.75 bits per heavy atom. The molecule has 0 spiro atoms. The maximum Gasteiger partial charge on any atom is 0.129 e. The highest BCUT2D eigenvalue weighted by Gasteiger charge is 1.99. The maximum atomic E-state index is 8.85. The summed E-state index contributed by atoms with van der Waals surface area (Å²) in [5, 5.41) is 8.85. The molecule has 0 heterocycles. The normalized spacial score (nSPS) is 18.5. The van der Waals surface area contributed by atoms with Gasteiger partial charge in [-0.25, -0.2) is 0 Å². The van der Waals surface area contributed by atoms with E-state index in [0.717, 1.165) is 6.42 Å². The Kier molecular flexibility index (Phi) is 1.44. The molecule has 2 heteroatoms. The molecule has 0 aromatic heterocycles. The lowest BCUT2D eigenvalue weighted by atomic mass is 10.2. The van der Waals surface area contributed by atoms with Crippen molar-refractivity contribution in [1.29, 1.82) is 0 Å². The van der Waals surface area contributed by atoms with Crippen LogP contribution in [0.15, 0.2) is 24.0 Å². The van der Waals surface area contributed by atoms with Crippen LogP contribution >= 0.6 is 12.2 Å². The first-order valence-corrected chi connectivity index (χ1v) is 2.81. The SMILES string of the molecule is OC1=CCC=CC1=S. The van der Waals surface area contributed by atoms with Gasteiger partial charge in [-0.15, -0.1) is 0 Å². The molecule has 0 aromatic rings. The van der Waals surface area contributed by atoms with Crippen LogP contribution in [0.4, 0.5) is 0 Å². The summed E-state index contributed by atoms with van der Waals surface area (Å²) in [6, 6.07) is 0. The lowest BCUT2D eigenvalue weighted by Crippen LogP contribution is -1.96. The third-order valence-corrected chi connectivity index (χ3v) is 1.31. The van der Waals surface area contributed by atoms with Crippen LogP contribution in [0.25, 0.3) is 0 Å². The minimum absolute atomic E-state index is 0.238. The van der Waals surface area contributed by atoms with Gasteiger partial charge in [0.25, 0.3) is 0 Å². The number of aliphatic hydroxyl groups is 1. The van der Waals surface area contributed by atoms with Crippen molar-refractivity contribution in [3.63, 3.8) is 0 Å². The number of rotatable bonds is 0. The fraction of sp³-hybridized carbons (Fsp3) is 0.167. The van der Waals surface area contributed by atoms with E-state index in [1.165, 1.54) is 0 Å². The summed E-state index contributed by atoms with van der Waals surface area (Å²) in [5.74, 6) is 0.238. The number of thiocarbonyl (C=S) groups is 1. The lowest BCUT2D eigenvalue weighted by molar-refractivity contribution is 0.443. The molecule has 1 N–H and O–H groups in total. The summed E-state index contributed by atoms with van der Waals surface area (Å²) in [7, 11) is 0. The summed E-state index contributed by atoms with van der Waals surface area (Å²) in [6.07, 6.45) is 6.15. The molecule has 0 saturated heterocycles.